The van der Waals surface area contributed by atoms with Crippen LogP contribution in [0.25, 0.3) is 0 Å². The molecule has 0 saturated carbocycles. The van der Waals surface area contributed by atoms with Gasteiger partial charge in [-0.1, -0.05) is 36.1 Å². The molecule has 1 aromatic heterocycles. The Labute approximate surface area is 192 Å². The van der Waals surface area contributed by atoms with Crippen molar-refractivity contribution in [3.05, 3.63) is 93.2 Å². The summed E-state index contributed by atoms with van der Waals surface area (Å²) in [5.41, 5.74) is 3.65. The Balaban J connectivity index is 1.38. The SMILES string of the molecule is O=c1[nH]cnc(C(CO)Cc2ccc(C#Cc3ccc(CN4CCOCC4)cc3)cc2)c1O. The highest BCUT2D eigenvalue weighted by Gasteiger charge is 2.19. The number of morpholine rings is 1. The van der Waals surface area contributed by atoms with Gasteiger partial charge < -0.3 is 19.9 Å². The highest BCUT2D eigenvalue weighted by molar-refractivity contribution is 5.44. The Hall–Kier alpha value is -3.44. The average Bonchev–Trinajstić information content (AvgIpc) is 2.85. The second kappa shape index (κ2) is 10.9. The molecule has 0 spiro atoms. The number of nitrogens with one attached hydrogen (secondary N) is 1. The molecule has 33 heavy (non-hydrogen) atoms. The van der Waals surface area contributed by atoms with Gasteiger partial charge in [0.1, 0.15) is 0 Å². The minimum Gasteiger partial charge on any atom is -0.502 e. The zero-order valence-corrected chi connectivity index (χ0v) is 18.3. The standard InChI is InChI=1S/C26H27N3O4/c30-17-23(24-25(31)26(32)28-18-27-24)15-21-7-3-19(4-8-21)1-2-20-5-9-22(10-6-20)16-29-11-13-33-14-12-29/h3-10,18,23,30-31H,11-17H2,(H,27,28,32). The number of aromatic amines is 1. The first kappa shape index (κ1) is 22.7. The summed E-state index contributed by atoms with van der Waals surface area (Å²) >= 11 is 0. The van der Waals surface area contributed by atoms with Gasteiger partial charge in [-0.15, -0.1) is 0 Å². The zero-order valence-electron chi connectivity index (χ0n) is 18.3. The van der Waals surface area contributed by atoms with Crippen molar-refractivity contribution in [2.24, 2.45) is 0 Å². The van der Waals surface area contributed by atoms with Crippen LogP contribution in [0.5, 0.6) is 5.75 Å². The van der Waals surface area contributed by atoms with Crippen molar-refractivity contribution in [3.63, 3.8) is 0 Å². The lowest BCUT2D eigenvalue weighted by Crippen LogP contribution is -2.35. The van der Waals surface area contributed by atoms with Crippen LogP contribution in [0.1, 0.15) is 33.9 Å². The lowest BCUT2D eigenvalue weighted by Gasteiger charge is -2.26. The molecule has 3 aromatic rings. The van der Waals surface area contributed by atoms with Crippen molar-refractivity contribution >= 4 is 0 Å². The molecule has 7 nitrogen and oxygen atoms in total. The fourth-order valence-corrected chi connectivity index (χ4v) is 3.82. The third-order valence-electron chi connectivity index (χ3n) is 5.72. The summed E-state index contributed by atoms with van der Waals surface area (Å²) in [6.07, 6.45) is 1.67. The monoisotopic (exact) mass is 445 g/mol. The maximum atomic E-state index is 11.6. The smallest absolute Gasteiger partial charge is 0.293 e. The van der Waals surface area contributed by atoms with Gasteiger partial charge in [-0.25, -0.2) is 4.98 Å². The fraction of sp³-hybridized carbons (Fsp3) is 0.308. The Morgan fingerprint density at radius 1 is 1.00 bits per heavy atom. The number of ether oxygens (including phenoxy) is 1. The van der Waals surface area contributed by atoms with E-state index in [2.05, 4.69) is 38.8 Å². The summed E-state index contributed by atoms with van der Waals surface area (Å²) in [5.74, 6) is 5.46. The first-order chi connectivity index (χ1) is 16.1. The summed E-state index contributed by atoms with van der Waals surface area (Å²) in [4.78, 5) is 20.3. The molecule has 1 saturated heterocycles. The Bertz CT molecular complexity index is 1170. The van der Waals surface area contributed by atoms with E-state index >= 15 is 0 Å². The fourth-order valence-electron chi connectivity index (χ4n) is 3.82. The van der Waals surface area contributed by atoms with Gasteiger partial charge in [-0.3, -0.25) is 9.69 Å². The molecule has 1 aliphatic heterocycles. The quantitative estimate of drug-likeness (QED) is 0.502. The minimum absolute atomic E-state index is 0.196. The zero-order chi connectivity index (χ0) is 23.0. The maximum Gasteiger partial charge on any atom is 0.293 e. The van der Waals surface area contributed by atoms with E-state index in [9.17, 15) is 15.0 Å². The second-order valence-electron chi connectivity index (χ2n) is 8.08. The first-order valence-corrected chi connectivity index (χ1v) is 11.0. The van der Waals surface area contributed by atoms with Crippen LogP contribution < -0.4 is 5.56 Å². The van der Waals surface area contributed by atoms with Gasteiger partial charge in [0.15, 0.2) is 0 Å². The number of aliphatic hydroxyl groups excluding tert-OH is 1. The maximum absolute atomic E-state index is 11.6. The van der Waals surface area contributed by atoms with E-state index in [1.54, 1.807) is 0 Å². The molecule has 2 heterocycles. The highest BCUT2D eigenvalue weighted by atomic mass is 16.5. The van der Waals surface area contributed by atoms with Crippen molar-refractivity contribution in [1.29, 1.82) is 0 Å². The molecule has 1 fully saturated rings. The number of aromatic hydroxyl groups is 1. The number of hydrogen-bond donors (Lipinski definition) is 3. The molecular weight excluding hydrogens is 418 g/mol. The average molecular weight is 446 g/mol. The number of nitrogens with zero attached hydrogens (tertiary/aromatic N) is 2. The first-order valence-electron chi connectivity index (χ1n) is 11.0. The molecule has 1 aliphatic rings. The van der Waals surface area contributed by atoms with Crippen LogP contribution in [0.2, 0.25) is 0 Å². The van der Waals surface area contributed by atoms with Crippen LogP contribution in [0.15, 0.2) is 59.7 Å². The lowest BCUT2D eigenvalue weighted by atomic mass is 9.95. The van der Waals surface area contributed by atoms with Crippen LogP contribution in [0.4, 0.5) is 0 Å². The number of H-pyrrole nitrogens is 1. The van der Waals surface area contributed by atoms with Gasteiger partial charge in [0.05, 0.1) is 31.8 Å². The van der Waals surface area contributed by atoms with Crippen LogP contribution in [0, 0.1) is 11.8 Å². The van der Waals surface area contributed by atoms with Crippen LogP contribution in [-0.4, -0.2) is 58.0 Å². The summed E-state index contributed by atoms with van der Waals surface area (Å²) in [6.45, 7) is 4.24. The van der Waals surface area contributed by atoms with Gasteiger partial charge >= 0.3 is 0 Å². The van der Waals surface area contributed by atoms with Crippen molar-refractivity contribution in [3.8, 4) is 17.6 Å². The Kier molecular flexibility index (Phi) is 7.53. The van der Waals surface area contributed by atoms with E-state index in [4.69, 9.17) is 4.74 Å². The molecule has 0 radical (unpaired) electrons. The van der Waals surface area contributed by atoms with Crippen LogP contribution in [-0.2, 0) is 17.7 Å². The minimum atomic E-state index is -0.613. The molecule has 170 valence electrons. The number of hydrogen-bond acceptors (Lipinski definition) is 6. The van der Waals surface area contributed by atoms with Crippen LogP contribution in [0.3, 0.4) is 0 Å². The van der Waals surface area contributed by atoms with E-state index in [1.807, 2.05) is 36.4 Å². The summed E-state index contributed by atoms with van der Waals surface area (Å²) in [7, 11) is 0. The van der Waals surface area contributed by atoms with Crippen molar-refractivity contribution in [2.75, 3.05) is 32.9 Å². The van der Waals surface area contributed by atoms with E-state index in [1.165, 1.54) is 11.9 Å². The predicted octanol–water partition coefficient (Wildman–Crippen LogP) is 2.03. The van der Waals surface area contributed by atoms with Gasteiger partial charge in [-0.2, -0.15) is 0 Å². The molecule has 1 atom stereocenters. The Morgan fingerprint density at radius 3 is 2.21 bits per heavy atom. The molecule has 0 bridgehead atoms. The summed E-state index contributed by atoms with van der Waals surface area (Å²) in [5, 5.41) is 19.7. The van der Waals surface area contributed by atoms with Crippen LogP contribution >= 0.6 is 0 Å². The highest BCUT2D eigenvalue weighted by Crippen LogP contribution is 2.23. The normalized spacial score (nSPS) is 14.9. The molecule has 7 heteroatoms. The summed E-state index contributed by atoms with van der Waals surface area (Å²) in [6, 6.07) is 16.0. The largest absolute Gasteiger partial charge is 0.502 e. The molecule has 4 rings (SSSR count). The molecule has 1 unspecified atom stereocenters. The molecule has 0 aliphatic carbocycles. The van der Waals surface area contributed by atoms with Gasteiger partial charge in [0.2, 0.25) is 5.75 Å². The molecular formula is C26H27N3O4. The van der Waals surface area contributed by atoms with E-state index in [-0.39, 0.29) is 12.3 Å². The predicted molar refractivity (Wildman–Crippen MR) is 125 cm³/mol. The van der Waals surface area contributed by atoms with E-state index < -0.39 is 17.2 Å². The topological polar surface area (TPSA) is 98.7 Å². The molecule has 3 N–H and O–H groups in total. The number of aromatic nitrogens is 2. The number of benzene rings is 2. The third-order valence-corrected chi connectivity index (χ3v) is 5.72. The second-order valence-corrected chi connectivity index (χ2v) is 8.08. The van der Waals surface area contributed by atoms with Crippen molar-refractivity contribution in [2.45, 2.75) is 18.9 Å². The van der Waals surface area contributed by atoms with Crippen molar-refractivity contribution in [1.82, 2.24) is 14.9 Å². The molecule has 0 amide bonds. The number of aliphatic hydroxyl groups is 1. The molecule has 2 aromatic carbocycles. The number of rotatable bonds is 6. The summed E-state index contributed by atoms with van der Waals surface area (Å²) < 4.78 is 5.40. The Morgan fingerprint density at radius 2 is 1.61 bits per heavy atom. The lowest BCUT2D eigenvalue weighted by molar-refractivity contribution is 0.0342. The van der Waals surface area contributed by atoms with E-state index in [0.29, 0.717) is 6.42 Å². The van der Waals surface area contributed by atoms with Gasteiger partial charge in [-0.05, 0) is 41.8 Å². The van der Waals surface area contributed by atoms with Gasteiger partial charge in [0.25, 0.3) is 5.56 Å². The van der Waals surface area contributed by atoms with Crippen molar-refractivity contribution < 1.29 is 14.9 Å². The van der Waals surface area contributed by atoms with Gasteiger partial charge in [0, 0.05) is 36.7 Å². The van der Waals surface area contributed by atoms with E-state index in [0.717, 1.165) is 49.5 Å². The third kappa shape index (κ3) is 6.08.